The Kier molecular flexibility index (Phi) is 5.74. The molecule has 0 bridgehead atoms. The Balaban J connectivity index is 1.44. The van der Waals surface area contributed by atoms with E-state index in [0.29, 0.717) is 53.3 Å². The van der Waals surface area contributed by atoms with Crippen molar-refractivity contribution in [2.45, 2.75) is 6.92 Å². The van der Waals surface area contributed by atoms with Gasteiger partial charge in [-0.1, -0.05) is 35.3 Å². The molecule has 0 saturated carbocycles. The van der Waals surface area contributed by atoms with E-state index in [1.54, 1.807) is 51.7 Å². The molecular weight excluding hydrogens is 425 g/mol. The zero-order valence-electron chi connectivity index (χ0n) is 16.3. The molecule has 1 aliphatic rings. The van der Waals surface area contributed by atoms with E-state index >= 15 is 0 Å². The van der Waals surface area contributed by atoms with Gasteiger partial charge in [0.1, 0.15) is 5.82 Å². The Bertz CT molecular complexity index is 1090. The second-order valence-corrected chi connectivity index (χ2v) is 7.78. The number of hydrogen-bond acceptors (Lipinski definition) is 4. The van der Waals surface area contributed by atoms with Crippen LogP contribution in [-0.4, -0.2) is 62.6 Å². The zero-order valence-corrected chi connectivity index (χ0v) is 17.8. The van der Waals surface area contributed by atoms with E-state index in [4.69, 9.17) is 23.2 Å². The van der Waals surface area contributed by atoms with Gasteiger partial charge in [0.15, 0.2) is 0 Å². The number of nitrogens with zero attached hydrogens (tertiary/aromatic N) is 5. The van der Waals surface area contributed by atoms with Crippen molar-refractivity contribution in [2.75, 3.05) is 26.2 Å². The zero-order chi connectivity index (χ0) is 21.3. The van der Waals surface area contributed by atoms with Gasteiger partial charge < -0.3 is 9.80 Å². The Morgan fingerprint density at radius 1 is 0.867 bits per heavy atom. The van der Waals surface area contributed by atoms with E-state index in [1.165, 1.54) is 0 Å². The molecule has 2 amide bonds. The number of aromatic nitrogens is 3. The van der Waals surface area contributed by atoms with Gasteiger partial charge in [-0.15, -0.1) is 5.10 Å². The summed E-state index contributed by atoms with van der Waals surface area (Å²) in [7, 11) is 0. The average Bonchev–Trinajstić information content (AvgIpc) is 3.15. The molecule has 7 nitrogen and oxygen atoms in total. The molecule has 0 aliphatic carbocycles. The van der Waals surface area contributed by atoms with Gasteiger partial charge in [0.2, 0.25) is 5.82 Å². The minimum absolute atomic E-state index is 0.0734. The first-order chi connectivity index (χ1) is 14.4. The van der Waals surface area contributed by atoms with Crippen molar-refractivity contribution in [3.05, 3.63) is 75.8 Å². The van der Waals surface area contributed by atoms with Crippen LogP contribution in [0.25, 0.3) is 5.69 Å². The molecule has 154 valence electrons. The van der Waals surface area contributed by atoms with E-state index < -0.39 is 0 Å². The minimum atomic E-state index is -0.262. The summed E-state index contributed by atoms with van der Waals surface area (Å²) >= 11 is 12.1. The molecule has 0 N–H and O–H groups in total. The first-order valence-electron chi connectivity index (χ1n) is 9.47. The predicted molar refractivity (Wildman–Crippen MR) is 114 cm³/mol. The van der Waals surface area contributed by atoms with E-state index in [2.05, 4.69) is 10.1 Å². The molecule has 3 aromatic rings. The number of aryl methyl sites for hydroxylation is 1. The number of carbonyl (C=O) groups excluding carboxylic acids is 2. The SMILES string of the molecule is Cc1nc(C(=O)N2CCN(C(=O)c3ccc(Cl)cc3)CC2)nn1-c1ccccc1Cl. The fourth-order valence-electron chi connectivity index (χ4n) is 3.36. The van der Waals surface area contributed by atoms with Gasteiger partial charge in [0, 0.05) is 36.8 Å². The molecule has 2 heterocycles. The molecule has 0 unspecified atom stereocenters. The summed E-state index contributed by atoms with van der Waals surface area (Å²) in [6.45, 7) is 3.49. The van der Waals surface area contributed by atoms with Gasteiger partial charge in [0.05, 0.1) is 10.7 Å². The first-order valence-corrected chi connectivity index (χ1v) is 10.2. The summed E-state index contributed by atoms with van der Waals surface area (Å²) in [4.78, 5) is 33.3. The van der Waals surface area contributed by atoms with Crippen molar-refractivity contribution in [1.29, 1.82) is 0 Å². The summed E-state index contributed by atoms with van der Waals surface area (Å²) in [6, 6.07) is 14.0. The lowest BCUT2D eigenvalue weighted by Gasteiger charge is -2.34. The second kappa shape index (κ2) is 8.45. The number of carbonyl (C=O) groups is 2. The number of rotatable bonds is 3. The van der Waals surface area contributed by atoms with Gasteiger partial charge in [0.25, 0.3) is 11.8 Å². The lowest BCUT2D eigenvalue weighted by atomic mass is 10.2. The summed E-state index contributed by atoms with van der Waals surface area (Å²) in [5.74, 6) is 0.353. The lowest BCUT2D eigenvalue weighted by Crippen LogP contribution is -2.50. The van der Waals surface area contributed by atoms with Crippen molar-refractivity contribution in [3.63, 3.8) is 0 Å². The largest absolute Gasteiger partial charge is 0.335 e. The molecule has 30 heavy (non-hydrogen) atoms. The average molecular weight is 444 g/mol. The number of benzene rings is 2. The highest BCUT2D eigenvalue weighted by atomic mass is 35.5. The normalized spacial score (nSPS) is 14.1. The quantitative estimate of drug-likeness (QED) is 0.620. The maximum absolute atomic E-state index is 12.9. The lowest BCUT2D eigenvalue weighted by molar-refractivity contribution is 0.0529. The monoisotopic (exact) mass is 443 g/mol. The molecule has 1 aliphatic heterocycles. The molecule has 1 aromatic heterocycles. The summed E-state index contributed by atoms with van der Waals surface area (Å²) < 4.78 is 1.57. The van der Waals surface area contributed by atoms with Gasteiger partial charge in [-0.3, -0.25) is 9.59 Å². The number of halogens is 2. The maximum Gasteiger partial charge on any atom is 0.293 e. The fraction of sp³-hybridized carbons (Fsp3) is 0.238. The van der Waals surface area contributed by atoms with Crippen LogP contribution in [0, 0.1) is 6.92 Å². The topological polar surface area (TPSA) is 71.3 Å². The van der Waals surface area contributed by atoms with Crippen molar-refractivity contribution in [1.82, 2.24) is 24.6 Å². The van der Waals surface area contributed by atoms with Crippen molar-refractivity contribution in [3.8, 4) is 5.69 Å². The fourth-order valence-corrected chi connectivity index (χ4v) is 3.70. The van der Waals surface area contributed by atoms with Crippen molar-refractivity contribution < 1.29 is 9.59 Å². The van der Waals surface area contributed by atoms with Gasteiger partial charge >= 0.3 is 0 Å². The molecule has 0 atom stereocenters. The highest BCUT2D eigenvalue weighted by molar-refractivity contribution is 6.32. The highest BCUT2D eigenvalue weighted by Gasteiger charge is 2.28. The van der Waals surface area contributed by atoms with Crippen LogP contribution < -0.4 is 0 Å². The third-order valence-corrected chi connectivity index (χ3v) is 5.56. The minimum Gasteiger partial charge on any atom is -0.335 e. The smallest absolute Gasteiger partial charge is 0.293 e. The second-order valence-electron chi connectivity index (χ2n) is 6.94. The molecular formula is C21H19Cl2N5O2. The van der Waals surface area contributed by atoms with Crippen LogP contribution in [0.1, 0.15) is 26.8 Å². The van der Waals surface area contributed by atoms with E-state index in [1.807, 2.05) is 18.2 Å². The Hall–Kier alpha value is -2.90. The van der Waals surface area contributed by atoms with Crippen LogP contribution >= 0.6 is 23.2 Å². The van der Waals surface area contributed by atoms with Crippen LogP contribution in [0.2, 0.25) is 10.0 Å². The van der Waals surface area contributed by atoms with E-state index in [9.17, 15) is 9.59 Å². The number of piperazine rings is 1. The van der Waals surface area contributed by atoms with E-state index in [0.717, 1.165) is 0 Å². The van der Waals surface area contributed by atoms with Gasteiger partial charge in [-0.2, -0.15) is 0 Å². The van der Waals surface area contributed by atoms with Crippen LogP contribution in [-0.2, 0) is 0 Å². The van der Waals surface area contributed by atoms with Crippen molar-refractivity contribution >= 4 is 35.0 Å². The third kappa shape index (κ3) is 4.04. The highest BCUT2D eigenvalue weighted by Crippen LogP contribution is 2.20. The van der Waals surface area contributed by atoms with Crippen LogP contribution in [0.15, 0.2) is 48.5 Å². The molecule has 0 spiro atoms. The maximum atomic E-state index is 12.9. The van der Waals surface area contributed by atoms with Crippen LogP contribution in [0.3, 0.4) is 0 Å². The standard InChI is InChI=1S/C21H19Cl2N5O2/c1-14-24-19(25-28(14)18-5-3-2-4-17(18)23)21(30)27-12-10-26(11-13-27)20(29)15-6-8-16(22)9-7-15/h2-9H,10-13H2,1H3. The summed E-state index contributed by atoms with van der Waals surface area (Å²) in [6.07, 6.45) is 0. The molecule has 1 fully saturated rings. The first kappa shape index (κ1) is 20.4. The Morgan fingerprint density at radius 3 is 2.10 bits per heavy atom. The van der Waals surface area contributed by atoms with Crippen LogP contribution in [0.5, 0.6) is 0 Å². The van der Waals surface area contributed by atoms with Crippen molar-refractivity contribution in [2.24, 2.45) is 0 Å². The third-order valence-electron chi connectivity index (χ3n) is 4.99. The summed E-state index contributed by atoms with van der Waals surface area (Å²) in [5, 5.41) is 5.47. The Morgan fingerprint density at radius 2 is 1.47 bits per heavy atom. The number of para-hydroxylation sites is 1. The van der Waals surface area contributed by atoms with Crippen LogP contribution in [0.4, 0.5) is 0 Å². The molecule has 1 saturated heterocycles. The number of amides is 2. The summed E-state index contributed by atoms with van der Waals surface area (Å²) in [5.41, 5.74) is 1.25. The van der Waals surface area contributed by atoms with Gasteiger partial charge in [-0.05, 0) is 43.3 Å². The predicted octanol–water partition coefficient (Wildman–Crippen LogP) is 3.48. The van der Waals surface area contributed by atoms with E-state index in [-0.39, 0.29) is 17.6 Å². The molecule has 2 aromatic carbocycles. The molecule has 0 radical (unpaired) electrons. The Labute approximate surface area is 183 Å². The number of hydrogen-bond donors (Lipinski definition) is 0. The molecule has 4 rings (SSSR count). The molecule has 9 heteroatoms. The van der Waals surface area contributed by atoms with Gasteiger partial charge in [-0.25, -0.2) is 9.67 Å².